The third-order valence-electron chi connectivity index (χ3n) is 6.19. The van der Waals surface area contributed by atoms with Crippen molar-refractivity contribution in [2.75, 3.05) is 32.8 Å². The lowest BCUT2D eigenvalue weighted by molar-refractivity contribution is -0.133. The first-order chi connectivity index (χ1) is 14.2. The Morgan fingerprint density at radius 3 is 2.59 bits per heavy atom. The van der Waals surface area contributed by atoms with Gasteiger partial charge < -0.3 is 9.64 Å². The molecule has 2 aromatic carbocycles. The van der Waals surface area contributed by atoms with Crippen LogP contribution < -0.4 is 0 Å². The van der Waals surface area contributed by atoms with E-state index < -0.39 is 0 Å². The van der Waals surface area contributed by atoms with Gasteiger partial charge >= 0.3 is 0 Å². The van der Waals surface area contributed by atoms with Gasteiger partial charge in [-0.1, -0.05) is 48.5 Å². The fraction of sp³-hybridized carbons (Fsp3) is 0.480. The van der Waals surface area contributed by atoms with E-state index in [2.05, 4.69) is 47.1 Å². The summed E-state index contributed by atoms with van der Waals surface area (Å²) >= 11 is 0. The molecular formula is C25H32N2O2. The molecule has 0 spiro atoms. The van der Waals surface area contributed by atoms with E-state index >= 15 is 0 Å². The first-order valence-corrected chi connectivity index (χ1v) is 10.9. The van der Waals surface area contributed by atoms with Gasteiger partial charge in [0.15, 0.2) is 0 Å². The van der Waals surface area contributed by atoms with Crippen LogP contribution in [0, 0.1) is 0 Å². The minimum absolute atomic E-state index is 0.162. The average Bonchev–Trinajstić information content (AvgIpc) is 3.21. The highest BCUT2D eigenvalue weighted by Crippen LogP contribution is 2.23. The van der Waals surface area contributed by atoms with E-state index in [9.17, 15) is 4.79 Å². The average molecular weight is 393 g/mol. The third kappa shape index (κ3) is 5.26. The highest BCUT2D eigenvalue weighted by atomic mass is 16.5. The Hall–Kier alpha value is -2.17. The molecule has 1 aliphatic heterocycles. The van der Waals surface area contributed by atoms with E-state index in [4.69, 9.17) is 4.74 Å². The molecule has 2 aromatic rings. The number of amides is 1. The number of carbonyl (C=O) groups excluding carboxylic acids is 1. The van der Waals surface area contributed by atoms with E-state index in [0.29, 0.717) is 13.0 Å². The molecule has 1 amide bonds. The van der Waals surface area contributed by atoms with Crippen molar-refractivity contribution in [2.45, 2.75) is 45.2 Å². The fourth-order valence-electron chi connectivity index (χ4n) is 4.54. The number of aryl methyl sites for hydroxylation is 2. The zero-order valence-corrected chi connectivity index (χ0v) is 17.5. The van der Waals surface area contributed by atoms with Gasteiger partial charge in [-0.3, -0.25) is 9.69 Å². The number of hydrogen-bond donors (Lipinski definition) is 0. The number of ether oxygens (including phenoxy) is 1. The summed E-state index contributed by atoms with van der Waals surface area (Å²) in [5.74, 6) is 0.215. The van der Waals surface area contributed by atoms with Crippen molar-refractivity contribution in [1.82, 2.24) is 9.80 Å². The van der Waals surface area contributed by atoms with Gasteiger partial charge in [-0.2, -0.15) is 0 Å². The molecule has 1 heterocycles. The van der Waals surface area contributed by atoms with Crippen molar-refractivity contribution in [3.8, 4) is 0 Å². The van der Waals surface area contributed by atoms with Gasteiger partial charge in [0.2, 0.25) is 5.91 Å². The quantitative estimate of drug-likeness (QED) is 0.723. The molecule has 0 bridgehead atoms. The molecule has 0 aromatic heterocycles. The maximum absolute atomic E-state index is 13.4. The second kappa shape index (κ2) is 9.55. The lowest BCUT2D eigenvalue weighted by Gasteiger charge is -2.35. The number of morpholine rings is 1. The highest BCUT2D eigenvalue weighted by molar-refractivity contribution is 5.79. The van der Waals surface area contributed by atoms with Crippen LogP contribution in [0.1, 0.15) is 35.6 Å². The summed E-state index contributed by atoms with van der Waals surface area (Å²) in [6.07, 6.45) is 4.05. The molecule has 0 N–H and O–H groups in total. The van der Waals surface area contributed by atoms with Gasteiger partial charge in [-0.15, -0.1) is 0 Å². The molecule has 1 unspecified atom stereocenters. The number of rotatable bonds is 7. The molecule has 0 radical (unpaired) electrons. The molecule has 2 aliphatic rings. The summed E-state index contributed by atoms with van der Waals surface area (Å²) in [5.41, 5.74) is 5.23. The zero-order valence-electron chi connectivity index (χ0n) is 17.5. The second-order valence-electron chi connectivity index (χ2n) is 8.40. The molecule has 4 rings (SSSR count). The Bertz CT molecular complexity index is 815. The van der Waals surface area contributed by atoms with Gasteiger partial charge in [-0.25, -0.2) is 0 Å². The molecule has 4 heteroatoms. The predicted molar refractivity (Wildman–Crippen MR) is 116 cm³/mol. The van der Waals surface area contributed by atoms with Crippen LogP contribution in [0.2, 0.25) is 0 Å². The van der Waals surface area contributed by atoms with Gasteiger partial charge in [0.05, 0.1) is 19.6 Å². The van der Waals surface area contributed by atoms with Crippen LogP contribution in [0.4, 0.5) is 0 Å². The summed E-state index contributed by atoms with van der Waals surface area (Å²) < 4.78 is 5.48. The smallest absolute Gasteiger partial charge is 0.227 e. The van der Waals surface area contributed by atoms with Crippen LogP contribution in [0.15, 0.2) is 48.5 Å². The summed E-state index contributed by atoms with van der Waals surface area (Å²) in [5, 5.41) is 0. The molecule has 29 heavy (non-hydrogen) atoms. The summed E-state index contributed by atoms with van der Waals surface area (Å²) in [4.78, 5) is 17.9. The topological polar surface area (TPSA) is 32.8 Å². The van der Waals surface area contributed by atoms with Gasteiger partial charge in [-0.05, 0) is 48.4 Å². The summed E-state index contributed by atoms with van der Waals surface area (Å²) in [6, 6.07) is 17.1. The van der Waals surface area contributed by atoms with Crippen molar-refractivity contribution in [1.29, 1.82) is 0 Å². The summed E-state index contributed by atoms with van der Waals surface area (Å²) in [7, 11) is 0. The number of nitrogens with zero attached hydrogens (tertiary/aromatic N) is 2. The minimum atomic E-state index is 0.162. The van der Waals surface area contributed by atoms with Crippen molar-refractivity contribution in [2.24, 2.45) is 0 Å². The Balaban J connectivity index is 1.47. The Morgan fingerprint density at radius 2 is 1.79 bits per heavy atom. The SMILES string of the molecule is CC(CN1CCOCC1)N(Cc1ccccc1)C(=O)Cc1ccc2c(c1)CCC2. The molecular weight excluding hydrogens is 360 g/mol. The molecule has 4 nitrogen and oxygen atoms in total. The summed E-state index contributed by atoms with van der Waals surface area (Å²) in [6.45, 7) is 7.20. The van der Waals surface area contributed by atoms with Crippen LogP contribution in [0.25, 0.3) is 0 Å². The Kier molecular flexibility index (Phi) is 6.63. The normalized spacial score (nSPS) is 17.7. The van der Waals surface area contributed by atoms with Crippen molar-refractivity contribution < 1.29 is 9.53 Å². The Morgan fingerprint density at radius 1 is 1.03 bits per heavy atom. The van der Waals surface area contributed by atoms with Crippen LogP contribution in [-0.4, -0.2) is 54.6 Å². The molecule has 0 saturated carbocycles. The number of fused-ring (bicyclic) bond motifs is 1. The van der Waals surface area contributed by atoms with Gasteiger partial charge in [0, 0.05) is 32.2 Å². The minimum Gasteiger partial charge on any atom is -0.379 e. The maximum atomic E-state index is 13.4. The van der Waals surface area contributed by atoms with Crippen molar-refractivity contribution in [3.63, 3.8) is 0 Å². The Labute approximate surface area is 174 Å². The predicted octanol–water partition coefficient (Wildman–Crippen LogP) is 3.47. The largest absolute Gasteiger partial charge is 0.379 e. The first-order valence-electron chi connectivity index (χ1n) is 10.9. The molecule has 1 atom stereocenters. The lowest BCUT2D eigenvalue weighted by atomic mass is 10.0. The van der Waals surface area contributed by atoms with E-state index in [1.54, 1.807) is 0 Å². The van der Waals surface area contributed by atoms with E-state index in [1.165, 1.54) is 29.5 Å². The number of hydrogen-bond acceptors (Lipinski definition) is 3. The third-order valence-corrected chi connectivity index (χ3v) is 6.19. The zero-order chi connectivity index (χ0) is 20.1. The molecule has 1 aliphatic carbocycles. The lowest BCUT2D eigenvalue weighted by Crippen LogP contribution is -2.48. The fourth-order valence-corrected chi connectivity index (χ4v) is 4.54. The van der Waals surface area contributed by atoms with Crippen molar-refractivity contribution >= 4 is 5.91 Å². The van der Waals surface area contributed by atoms with Crippen LogP contribution in [0.5, 0.6) is 0 Å². The van der Waals surface area contributed by atoms with Gasteiger partial charge in [0.25, 0.3) is 0 Å². The second-order valence-corrected chi connectivity index (χ2v) is 8.40. The molecule has 1 saturated heterocycles. The van der Waals surface area contributed by atoms with E-state index in [-0.39, 0.29) is 11.9 Å². The highest BCUT2D eigenvalue weighted by Gasteiger charge is 2.24. The molecule has 154 valence electrons. The van der Waals surface area contributed by atoms with E-state index in [1.807, 2.05) is 18.2 Å². The van der Waals surface area contributed by atoms with Gasteiger partial charge in [0.1, 0.15) is 0 Å². The van der Waals surface area contributed by atoms with E-state index in [0.717, 1.165) is 44.8 Å². The first kappa shape index (κ1) is 20.1. The van der Waals surface area contributed by atoms with Crippen LogP contribution >= 0.6 is 0 Å². The standard InChI is InChI=1S/C25H32N2O2/c1-20(18-26-12-14-29-15-13-26)27(19-21-6-3-2-4-7-21)25(28)17-22-10-11-23-8-5-9-24(23)16-22/h2-4,6-7,10-11,16,20H,5,8-9,12-15,17-19H2,1H3. The van der Waals surface area contributed by atoms with Crippen molar-refractivity contribution in [3.05, 3.63) is 70.8 Å². The number of carbonyl (C=O) groups is 1. The van der Waals surface area contributed by atoms with Crippen LogP contribution in [0.3, 0.4) is 0 Å². The van der Waals surface area contributed by atoms with Crippen LogP contribution in [-0.2, 0) is 35.3 Å². The maximum Gasteiger partial charge on any atom is 0.227 e. The monoisotopic (exact) mass is 392 g/mol. The number of benzene rings is 2. The molecule has 1 fully saturated rings.